The largest absolute Gasteiger partial charge is 0.481 e. The first kappa shape index (κ1) is 9.03. The summed E-state index contributed by atoms with van der Waals surface area (Å²) in [4.78, 5) is 21.5. The zero-order chi connectivity index (χ0) is 9.30. The highest BCUT2D eigenvalue weighted by Crippen LogP contribution is 2.38. The molecule has 0 aromatic rings. The number of carboxylic acids is 1. The van der Waals surface area contributed by atoms with Gasteiger partial charge in [0.15, 0.2) is 0 Å². The second kappa shape index (κ2) is 3.13. The van der Waals surface area contributed by atoms with Gasteiger partial charge in [-0.05, 0) is 20.3 Å². The van der Waals surface area contributed by atoms with Crippen molar-refractivity contribution in [2.75, 3.05) is 0 Å². The van der Waals surface area contributed by atoms with Crippen LogP contribution in [0.5, 0.6) is 0 Å². The number of carbonyl (C=O) groups excluding carboxylic acids is 1. The molecule has 1 amide bonds. The molecule has 0 bridgehead atoms. The van der Waals surface area contributed by atoms with E-state index in [2.05, 4.69) is 5.32 Å². The van der Waals surface area contributed by atoms with Crippen LogP contribution in [0.1, 0.15) is 20.3 Å². The van der Waals surface area contributed by atoms with Gasteiger partial charge in [0.25, 0.3) is 0 Å². The molecule has 0 aromatic carbocycles. The third kappa shape index (κ3) is 1.96. The molecule has 2 atom stereocenters. The van der Waals surface area contributed by atoms with E-state index < -0.39 is 11.9 Å². The SMILES string of the molecule is CC(C)NC(=O)C1CC1C(=O)O. The normalized spacial score (nSPS) is 26.9. The summed E-state index contributed by atoms with van der Waals surface area (Å²) in [6, 6.07) is 0.0903. The molecule has 1 aliphatic rings. The number of amides is 1. The molecule has 0 spiro atoms. The molecule has 0 aliphatic heterocycles. The van der Waals surface area contributed by atoms with E-state index in [1.807, 2.05) is 13.8 Å². The van der Waals surface area contributed by atoms with Crippen molar-refractivity contribution in [3.05, 3.63) is 0 Å². The number of hydrogen-bond acceptors (Lipinski definition) is 2. The van der Waals surface area contributed by atoms with E-state index in [0.29, 0.717) is 6.42 Å². The standard InChI is InChI=1S/C8H13NO3/c1-4(2)9-7(10)5-3-6(5)8(11)12/h4-6H,3H2,1-2H3,(H,9,10)(H,11,12). The van der Waals surface area contributed by atoms with Crippen molar-refractivity contribution in [2.24, 2.45) is 11.8 Å². The Kier molecular flexibility index (Phi) is 2.35. The van der Waals surface area contributed by atoms with Gasteiger partial charge in [0.05, 0.1) is 11.8 Å². The van der Waals surface area contributed by atoms with Gasteiger partial charge in [-0.25, -0.2) is 0 Å². The summed E-state index contributed by atoms with van der Waals surface area (Å²) < 4.78 is 0. The van der Waals surface area contributed by atoms with Gasteiger partial charge in [0, 0.05) is 6.04 Å². The van der Waals surface area contributed by atoms with Gasteiger partial charge < -0.3 is 10.4 Å². The molecule has 0 radical (unpaired) electrons. The quantitative estimate of drug-likeness (QED) is 0.638. The minimum Gasteiger partial charge on any atom is -0.481 e. The van der Waals surface area contributed by atoms with Crippen molar-refractivity contribution in [1.29, 1.82) is 0 Å². The first-order chi connectivity index (χ1) is 5.52. The summed E-state index contributed by atoms with van der Waals surface area (Å²) in [7, 11) is 0. The van der Waals surface area contributed by atoms with Gasteiger partial charge >= 0.3 is 5.97 Å². The van der Waals surface area contributed by atoms with Crippen molar-refractivity contribution >= 4 is 11.9 Å². The Morgan fingerprint density at radius 1 is 1.42 bits per heavy atom. The van der Waals surface area contributed by atoms with Crippen LogP contribution >= 0.6 is 0 Å². The van der Waals surface area contributed by atoms with Crippen LogP contribution < -0.4 is 5.32 Å². The topological polar surface area (TPSA) is 66.4 Å². The van der Waals surface area contributed by atoms with E-state index >= 15 is 0 Å². The van der Waals surface area contributed by atoms with Crippen molar-refractivity contribution in [3.63, 3.8) is 0 Å². The first-order valence-electron chi connectivity index (χ1n) is 4.05. The van der Waals surface area contributed by atoms with Gasteiger partial charge in [0.2, 0.25) is 5.91 Å². The van der Waals surface area contributed by atoms with Gasteiger partial charge in [-0.2, -0.15) is 0 Å². The van der Waals surface area contributed by atoms with Crippen molar-refractivity contribution < 1.29 is 14.7 Å². The number of hydrogen-bond donors (Lipinski definition) is 2. The lowest BCUT2D eigenvalue weighted by molar-refractivity contribution is -0.140. The van der Waals surface area contributed by atoms with Crippen molar-refractivity contribution in [2.45, 2.75) is 26.3 Å². The summed E-state index contributed by atoms with van der Waals surface area (Å²) in [5.74, 6) is -1.72. The minimum atomic E-state index is -0.862. The van der Waals surface area contributed by atoms with Crippen LogP contribution in [0, 0.1) is 11.8 Å². The summed E-state index contributed by atoms with van der Waals surface area (Å²) in [5, 5.41) is 11.2. The molecule has 68 valence electrons. The second-order valence-corrected chi connectivity index (χ2v) is 3.45. The van der Waals surface area contributed by atoms with Crippen LogP contribution in [0.2, 0.25) is 0 Å². The fourth-order valence-electron chi connectivity index (χ4n) is 1.15. The molecule has 1 aliphatic carbocycles. The van der Waals surface area contributed by atoms with E-state index in [9.17, 15) is 9.59 Å². The smallest absolute Gasteiger partial charge is 0.307 e. The molecular weight excluding hydrogens is 158 g/mol. The molecular formula is C8H13NO3. The average molecular weight is 171 g/mol. The Morgan fingerprint density at radius 2 is 2.00 bits per heavy atom. The molecule has 4 nitrogen and oxygen atoms in total. The Morgan fingerprint density at radius 3 is 2.33 bits per heavy atom. The summed E-state index contributed by atoms with van der Waals surface area (Å²) in [5.41, 5.74) is 0. The highest BCUT2D eigenvalue weighted by molar-refractivity contribution is 5.89. The number of rotatable bonds is 3. The number of aliphatic carboxylic acids is 1. The Labute approximate surface area is 71.0 Å². The van der Waals surface area contributed by atoms with Crippen LogP contribution in [0.3, 0.4) is 0 Å². The van der Waals surface area contributed by atoms with E-state index in [4.69, 9.17) is 5.11 Å². The average Bonchev–Trinajstić information content (AvgIpc) is 2.61. The van der Waals surface area contributed by atoms with Gasteiger partial charge in [0.1, 0.15) is 0 Å². The molecule has 2 N–H and O–H groups in total. The van der Waals surface area contributed by atoms with E-state index in [1.54, 1.807) is 0 Å². The third-order valence-corrected chi connectivity index (χ3v) is 1.88. The van der Waals surface area contributed by atoms with Crippen LogP contribution in [0.15, 0.2) is 0 Å². The van der Waals surface area contributed by atoms with E-state index in [1.165, 1.54) is 0 Å². The van der Waals surface area contributed by atoms with Gasteiger partial charge in [-0.3, -0.25) is 9.59 Å². The summed E-state index contributed by atoms with van der Waals surface area (Å²) in [6.07, 6.45) is 0.494. The third-order valence-electron chi connectivity index (χ3n) is 1.88. The highest BCUT2D eigenvalue weighted by atomic mass is 16.4. The van der Waals surface area contributed by atoms with Crippen molar-refractivity contribution in [3.8, 4) is 0 Å². The lowest BCUT2D eigenvalue weighted by Gasteiger charge is -2.06. The fourth-order valence-corrected chi connectivity index (χ4v) is 1.15. The predicted molar refractivity (Wildman–Crippen MR) is 42.5 cm³/mol. The van der Waals surface area contributed by atoms with Crippen LogP contribution in [-0.2, 0) is 9.59 Å². The lowest BCUT2D eigenvalue weighted by atomic mass is 10.3. The van der Waals surface area contributed by atoms with E-state index in [-0.39, 0.29) is 17.9 Å². The first-order valence-corrected chi connectivity index (χ1v) is 4.05. The molecule has 12 heavy (non-hydrogen) atoms. The van der Waals surface area contributed by atoms with Gasteiger partial charge in [-0.15, -0.1) is 0 Å². The molecule has 1 saturated carbocycles. The Balaban J connectivity index is 2.33. The molecule has 2 unspecified atom stereocenters. The zero-order valence-corrected chi connectivity index (χ0v) is 7.20. The van der Waals surface area contributed by atoms with Crippen LogP contribution in [0.25, 0.3) is 0 Å². The van der Waals surface area contributed by atoms with Crippen LogP contribution in [0.4, 0.5) is 0 Å². The zero-order valence-electron chi connectivity index (χ0n) is 7.20. The molecule has 0 saturated heterocycles. The summed E-state index contributed by atoms with van der Waals surface area (Å²) >= 11 is 0. The number of carbonyl (C=O) groups is 2. The molecule has 0 aromatic heterocycles. The molecule has 1 rings (SSSR count). The highest BCUT2D eigenvalue weighted by Gasteiger charge is 2.48. The van der Waals surface area contributed by atoms with Gasteiger partial charge in [-0.1, -0.05) is 0 Å². The van der Waals surface area contributed by atoms with Crippen molar-refractivity contribution in [1.82, 2.24) is 5.32 Å². The second-order valence-electron chi connectivity index (χ2n) is 3.45. The molecule has 1 fully saturated rings. The maximum absolute atomic E-state index is 11.2. The predicted octanol–water partition coefficient (Wildman–Crippen LogP) is 0.232. The minimum absolute atomic E-state index is 0.0903. The fraction of sp³-hybridized carbons (Fsp3) is 0.750. The molecule has 4 heteroatoms. The maximum Gasteiger partial charge on any atom is 0.307 e. The van der Waals surface area contributed by atoms with E-state index in [0.717, 1.165) is 0 Å². The Bertz CT molecular complexity index is 212. The summed E-state index contributed by atoms with van der Waals surface area (Å²) in [6.45, 7) is 3.71. The lowest BCUT2D eigenvalue weighted by Crippen LogP contribution is -2.32. The number of nitrogens with one attached hydrogen (secondary N) is 1. The molecule has 0 heterocycles. The monoisotopic (exact) mass is 171 g/mol. The maximum atomic E-state index is 11.2. The Hall–Kier alpha value is -1.06. The van der Waals surface area contributed by atoms with Crippen LogP contribution in [-0.4, -0.2) is 23.0 Å². The number of carboxylic acid groups (broad SMARTS) is 1.